The second kappa shape index (κ2) is 5.85. The van der Waals surface area contributed by atoms with Gasteiger partial charge in [0.05, 0.1) is 17.3 Å². The van der Waals surface area contributed by atoms with Crippen LogP contribution in [0.4, 0.5) is 17.4 Å². The third-order valence-electron chi connectivity index (χ3n) is 4.37. The van der Waals surface area contributed by atoms with Gasteiger partial charge >= 0.3 is 6.97 Å². The third-order valence-corrected chi connectivity index (χ3v) is 5.67. The number of ether oxygens (including phenoxy) is 1. The first-order valence-corrected chi connectivity index (χ1v) is 9.03. The Morgan fingerprint density at radius 3 is 2.54 bits per heavy atom. The Labute approximate surface area is 162 Å². The molecule has 3 heterocycles. The number of hydrogen-bond donors (Lipinski definition) is 0. The second-order valence-electron chi connectivity index (χ2n) is 5.76. The van der Waals surface area contributed by atoms with Gasteiger partial charge in [-0.3, -0.25) is 0 Å². The molecule has 0 bridgehead atoms. The summed E-state index contributed by atoms with van der Waals surface area (Å²) in [5.41, 5.74) is 0.943. The maximum atomic E-state index is 15.1. The highest BCUT2D eigenvalue weighted by Gasteiger charge is 2.54. The highest BCUT2D eigenvalue weighted by atomic mass is 79.9. The summed E-state index contributed by atoms with van der Waals surface area (Å²) >= 11 is 6.29. The van der Waals surface area contributed by atoms with E-state index >= 15 is 8.63 Å². The van der Waals surface area contributed by atoms with Crippen LogP contribution in [0.5, 0.6) is 5.75 Å². The lowest BCUT2D eigenvalue weighted by Gasteiger charge is -2.32. The molecule has 0 amide bonds. The Morgan fingerprint density at radius 1 is 1.12 bits per heavy atom. The number of rotatable bonds is 2. The van der Waals surface area contributed by atoms with E-state index in [2.05, 4.69) is 31.9 Å². The van der Waals surface area contributed by atoms with Crippen molar-refractivity contribution in [3.63, 3.8) is 0 Å². The van der Waals surface area contributed by atoms with E-state index < -0.39 is 18.6 Å². The van der Waals surface area contributed by atoms with Crippen LogP contribution in [0.25, 0.3) is 5.57 Å². The lowest BCUT2D eigenvalue weighted by molar-refractivity contribution is -0.358. The monoisotopic (exact) mass is 490 g/mol. The topological polar surface area (TPSA) is 17.2 Å². The van der Waals surface area contributed by atoms with E-state index in [0.717, 1.165) is 15.0 Å². The number of halogens is 6. The van der Waals surface area contributed by atoms with Crippen molar-refractivity contribution in [3.8, 4) is 5.75 Å². The van der Waals surface area contributed by atoms with Gasteiger partial charge in [-0.25, -0.2) is 4.39 Å². The molecule has 0 fully saturated rings. The molecule has 3 nitrogen and oxygen atoms in total. The molecule has 10 heteroatoms. The number of methoxy groups -OCH3 is 1. The Bertz CT molecular complexity index is 1060. The van der Waals surface area contributed by atoms with Gasteiger partial charge in [-0.2, -0.15) is 4.39 Å². The maximum absolute atomic E-state index is 15.1. The molecule has 1 aromatic carbocycles. The lowest BCUT2D eigenvalue weighted by atomic mass is 9.86. The van der Waals surface area contributed by atoms with Crippen molar-refractivity contribution >= 4 is 49.0 Å². The normalized spacial score (nSPS) is 17.7. The van der Waals surface area contributed by atoms with Crippen LogP contribution in [0, 0.1) is 11.6 Å². The first-order valence-electron chi connectivity index (χ1n) is 7.44. The van der Waals surface area contributed by atoms with Crippen LogP contribution in [0.2, 0.25) is 0 Å². The van der Waals surface area contributed by atoms with E-state index in [1.807, 2.05) is 0 Å². The number of benzene rings is 1. The first kappa shape index (κ1) is 17.6. The Hall–Kier alpha value is -1.81. The Morgan fingerprint density at radius 2 is 1.85 bits per heavy atom. The van der Waals surface area contributed by atoms with Crippen LogP contribution in [-0.2, 0) is 0 Å². The van der Waals surface area contributed by atoms with Gasteiger partial charge in [0.15, 0.2) is 17.3 Å². The molecule has 2 aliphatic heterocycles. The van der Waals surface area contributed by atoms with Gasteiger partial charge in [0.25, 0.3) is 0 Å². The molecule has 0 saturated carbocycles. The largest absolute Gasteiger partial charge is 0.738 e. The summed E-state index contributed by atoms with van der Waals surface area (Å²) in [7, 11) is 1.21. The molecule has 2 aliphatic rings. The van der Waals surface area contributed by atoms with Crippen molar-refractivity contribution in [2.75, 3.05) is 7.11 Å². The van der Waals surface area contributed by atoms with E-state index in [1.54, 1.807) is 0 Å². The second-order valence-corrected chi connectivity index (χ2v) is 7.39. The Kier molecular flexibility index (Phi) is 3.96. The van der Waals surface area contributed by atoms with Gasteiger partial charge in [-0.05, 0) is 45.8 Å². The van der Waals surface area contributed by atoms with Gasteiger partial charge in [-0.15, -0.1) is 0 Å². The lowest BCUT2D eigenvalue weighted by Crippen LogP contribution is -2.50. The van der Waals surface area contributed by atoms with Crippen molar-refractivity contribution in [3.05, 3.63) is 69.6 Å². The molecule has 1 aromatic heterocycles. The van der Waals surface area contributed by atoms with E-state index in [0.29, 0.717) is 5.57 Å². The molecule has 0 saturated heterocycles. The average Bonchev–Trinajstić information content (AvgIpc) is 3.15. The fraction of sp³-hybridized carbons (Fsp3) is 0.0625. The van der Waals surface area contributed by atoms with Gasteiger partial charge in [0.1, 0.15) is 0 Å². The maximum Gasteiger partial charge on any atom is 0.738 e. The van der Waals surface area contributed by atoms with E-state index in [4.69, 9.17) is 4.74 Å². The molecule has 2 aromatic rings. The number of allylic oxidation sites excluding steroid dienone is 2. The summed E-state index contributed by atoms with van der Waals surface area (Å²) in [4.78, 5) is 0. The van der Waals surface area contributed by atoms with Crippen molar-refractivity contribution in [1.82, 2.24) is 4.48 Å². The zero-order valence-corrected chi connectivity index (χ0v) is 16.3. The minimum Gasteiger partial charge on any atom is -0.494 e. The van der Waals surface area contributed by atoms with Gasteiger partial charge in [0.2, 0.25) is 10.4 Å². The molecule has 0 N–H and O–H groups in total. The standard InChI is InChI=1S/C16H9BBr2F4N2O/c1-26-12-7-8(6-9(20)16(12)21)15-10-2-4-13(18)24(10)17(22,23)25-11(15)3-5-14(25)19/h2-7H,1H3. The van der Waals surface area contributed by atoms with Crippen LogP contribution in [0.15, 0.2) is 46.7 Å². The number of hydrogen-bond acceptors (Lipinski definition) is 1. The molecule has 0 spiro atoms. The van der Waals surface area contributed by atoms with Crippen LogP contribution >= 0.6 is 31.9 Å². The molecule has 134 valence electrons. The fourth-order valence-electron chi connectivity index (χ4n) is 3.28. The quantitative estimate of drug-likeness (QED) is 0.431. The summed E-state index contributed by atoms with van der Waals surface area (Å²) in [6, 6.07) is 5.26. The van der Waals surface area contributed by atoms with Crippen molar-refractivity contribution < 1.29 is 26.6 Å². The predicted molar refractivity (Wildman–Crippen MR) is 97.8 cm³/mol. The minimum absolute atomic E-state index is 0.177. The van der Waals surface area contributed by atoms with Crippen LogP contribution in [0.3, 0.4) is 0 Å². The summed E-state index contributed by atoms with van der Waals surface area (Å²) in [6.07, 6.45) is 3.00. The van der Waals surface area contributed by atoms with Gasteiger partial charge in [-0.1, -0.05) is 0 Å². The number of aromatic nitrogens is 1. The summed E-state index contributed by atoms with van der Waals surface area (Å²) in [6.45, 7) is -4.17. The van der Waals surface area contributed by atoms with Crippen molar-refractivity contribution in [2.24, 2.45) is 0 Å². The SMILES string of the molecule is COc1cc(C2=C3C=CC(Br)=[N+]3[B-](F)(F)n3c(Br)ccc32)cc(F)c1F. The summed E-state index contributed by atoms with van der Waals surface area (Å²) < 4.78 is 65.0. The molecule has 0 atom stereocenters. The number of fused-ring (bicyclic) bond motifs is 2. The van der Waals surface area contributed by atoms with Crippen LogP contribution < -0.4 is 4.74 Å². The third kappa shape index (κ3) is 2.28. The first-order chi connectivity index (χ1) is 12.3. The highest BCUT2D eigenvalue weighted by molar-refractivity contribution is 9.18. The van der Waals surface area contributed by atoms with Crippen LogP contribution in [-0.4, -0.2) is 27.7 Å². The van der Waals surface area contributed by atoms with E-state index in [1.165, 1.54) is 37.5 Å². The number of nitrogens with zero attached hydrogens (tertiary/aromatic N) is 2. The molecule has 26 heavy (non-hydrogen) atoms. The fourth-order valence-corrected chi connectivity index (χ4v) is 4.42. The van der Waals surface area contributed by atoms with Crippen molar-refractivity contribution in [2.45, 2.75) is 0 Å². The van der Waals surface area contributed by atoms with Crippen LogP contribution in [0.1, 0.15) is 11.3 Å². The summed E-state index contributed by atoms with van der Waals surface area (Å²) in [5, 5.41) is 0. The zero-order chi connectivity index (χ0) is 18.8. The molecule has 4 rings (SSSR count). The predicted octanol–water partition coefficient (Wildman–Crippen LogP) is 4.91. The summed E-state index contributed by atoms with van der Waals surface area (Å²) in [5.74, 6) is -2.55. The van der Waals surface area contributed by atoms with E-state index in [9.17, 15) is 8.78 Å². The highest BCUT2D eigenvalue weighted by Crippen LogP contribution is 2.43. The molecular weight excluding hydrogens is 483 g/mol. The Balaban J connectivity index is 2.10. The molecule has 0 radical (unpaired) electrons. The van der Waals surface area contributed by atoms with Crippen molar-refractivity contribution in [1.29, 1.82) is 0 Å². The molecule has 0 unspecified atom stereocenters. The molecule has 0 aliphatic carbocycles. The molecular formula is C16H9BBr2F4N2O. The van der Waals surface area contributed by atoms with E-state index in [-0.39, 0.29) is 31.9 Å². The minimum atomic E-state index is -4.17. The average molecular weight is 492 g/mol. The zero-order valence-electron chi connectivity index (χ0n) is 13.1. The van der Waals surface area contributed by atoms with Gasteiger partial charge in [0, 0.05) is 33.8 Å². The van der Waals surface area contributed by atoms with Gasteiger partial charge < -0.3 is 22.3 Å². The smallest absolute Gasteiger partial charge is 0.494 e.